The monoisotopic (exact) mass is 850 g/mol. The summed E-state index contributed by atoms with van der Waals surface area (Å²) in [5, 5.41) is 36.5. The van der Waals surface area contributed by atoms with Gasteiger partial charge in [-0.2, -0.15) is 10.2 Å². The van der Waals surface area contributed by atoms with Crippen LogP contribution in [0.4, 0.5) is 34.6 Å². The van der Waals surface area contributed by atoms with Gasteiger partial charge in [0.05, 0.1) is 34.3 Å². The number of anilines is 6. The molecular weight excluding hydrogens is 808 g/mol. The van der Waals surface area contributed by atoms with Gasteiger partial charge in [0, 0.05) is 61.1 Å². The zero-order valence-corrected chi connectivity index (χ0v) is 37.1. The summed E-state index contributed by atoms with van der Waals surface area (Å²) >= 11 is 0. The molecule has 2 fully saturated rings. The number of hydrogen-bond donors (Lipinski definition) is 3. The third kappa shape index (κ3) is 9.33. The molecule has 2 aliphatic heterocycles. The summed E-state index contributed by atoms with van der Waals surface area (Å²) in [5.74, 6) is 1.14. The van der Waals surface area contributed by atoms with Crippen molar-refractivity contribution < 1.29 is 49.4 Å². The molecule has 17 heteroatoms. The van der Waals surface area contributed by atoms with Crippen LogP contribution in [0.2, 0.25) is 0 Å². The Kier molecular flexibility index (Phi) is 12.6. The molecule has 2 atom stereocenters. The zero-order valence-electron chi connectivity index (χ0n) is 35.1. The summed E-state index contributed by atoms with van der Waals surface area (Å²) in [7, 11) is 0. The van der Waals surface area contributed by atoms with Crippen LogP contribution in [0, 0.1) is 0 Å². The molecule has 63 heavy (non-hydrogen) atoms. The number of carbonyl (C=O) groups excluding carboxylic acids is 1. The standard InChI is InChI=1S/2C23H22N6O2.Na/c2*1-15-5-4-11-28(15)21-9-3-8-20(26-21)25-19-14-18(27-29-12-10-24-22(19)29)16-6-2-7-17(13-16)23(30)31;/h2*2-3,6-10,12-15H,4-5,11H2,1H3,(H,25,26)(H,30,31);/q;;+1/p-1. The number of carbonyl (C=O) groups is 2. The van der Waals surface area contributed by atoms with E-state index in [1.807, 2.05) is 60.7 Å². The van der Waals surface area contributed by atoms with Gasteiger partial charge in [-0.05, 0) is 99.7 Å². The SMILES string of the molecule is CC1CCCN1c1cccc(Nc2cc(-c3cccc(C(=O)O)c3)nn3ccnc23)n1.CC1CCCN1c1cccc(Nc2cc(-c3cccc(C(=O)[O-])c3)nn3ccnc23)n1.[Na+]. The fraction of sp³-hybridized carbons (Fsp3) is 0.217. The van der Waals surface area contributed by atoms with Crippen molar-refractivity contribution in [3.63, 3.8) is 0 Å². The van der Waals surface area contributed by atoms with Crippen molar-refractivity contribution in [2.75, 3.05) is 33.5 Å². The van der Waals surface area contributed by atoms with Gasteiger partial charge in [-0.25, -0.2) is 33.8 Å². The minimum absolute atomic E-state index is 0. The second-order valence-corrected chi connectivity index (χ2v) is 15.4. The van der Waals surface area contributed by atoms with Crippen molar-refractivity contribution in [1.29, 1.82) is 0 Å². The molecule has 2 aliphatic rings. The van der Waals surface area contributed by atoms with Gasteiger partial charge in [0.15, 0.2) is 11.3 Å². The van der Waals surface area contributed by atoms with Crippen LogP contribution in [0.5, 0.6) is 0 Å². The van der Waals surface area contributed by atoms with Crippen molar-refractivity contribution in [3.8, 4) is 22.5 Å². The van der Waals surface area contributed by atoms with Gasteiger partial charge in [0.2, 0.25) is 0 Å². The van der Waals surface area contributed by atoms with Crippen LogP contribution in [0.1, 0.15) is 60.2 Å². The Bertz CT molecular complexity index is 2740. The Hall–Kier alpha value is -6.88. The van der Waals surface area contributed by atoms with Gasteiger partial charge in [-0.3, -0.25) is 0 Å². The Morgan fingerprint density at radius 2 is 1.11 bits per heavy atom. The Balaban J connectivity index is 0.000000170. The average Bonchev–Trinajstić information content (AvgIpc) is 4.13. The third-order valence-corrected chi connectivity index (χ3v) is 11.2. The number of hydrogen-bond acceptors (Lipinski definition) is 13. The number of aromatic carboxylic acids is 2. The molecule has 3 N–H and O–H groups in total. The van der Waals surface area contributed by atoms with Gasteiger partial charge >= 0.3 is 35.5 Å². The minimum Gasteiger partial charge on any atom is -0.545 e. The van der Waals surface area contributed by atoms with E-state index in [1.54, 1.807) is 64.2 Å². The topological polar surface area (TPSA) is 194 Å². The van der Waals surface area contributed by atoms with E-state index in [-0.39, 0.29) is 40.7 Å². The fourth-order valence-electron chi connectivity index (χ4n) is 8.05. The number of imidazole rings is 2. The summed E-state index contributed by atoms with van der Waals surface area (Å²) in [5.41, 5.74) is 5.76. The van der Waals surface area contributed by atoms with Crippen LogP contribution in [0.3, 0.4) is 0 Å². The smallest absolute Gasteiger partial charge is 0.545 e. The number of carboxylic acids is 2. The first-order valence-electron chi connectivity index (χ1n) is 20.5. The number of fused-ring (bicyclic) bond motifs is 2. The normalized spacial score (nSPS) is 15.8. The van der Waals surface area contributed by atoms with E-state index in [0.717, 1.165) is 41.9 Å². The van der Waals surface area contributed by atoms with E-state index in [0.29, 0.717) is 51.7 Å². The average molecular weight is 851 g/mol. The van der Waals surface area contributed by atoms with E-state index in [9.17, 15) is 19.8 Å². The molecule has 0 bridgehead atoms. The molecule has 0 radical (unpaired) electrons. The first-order chi connectivity index (χ1) is 30.2. The molecule has 8 aromatic rings. The first kappa shape index (κ1) is 42.8. The molecule has 0 aliphatic carbocycles. The molecule has 16 nitrogen and oxygen atoms in total. The van der Waals surface area contributed by atoms with E-state index >= 15 is 0 Å². The predicted octanol–water partition coefficient (Wildman–Crippen LogP) is 4.11. The summed E-state index contributed by atoms with van der Waals surface area (Å²) in [6.45, 7) is 6.47. The number of nitrogens with one attached hydrogen (secondary N) is 2. The number of nitrogens with zero attached hydrogens (tertiary/aromatic N) is 10. The van der Waals surface area contributed by atoms with Gasteiger partial charge in [-0.15, -0.1) is 0 Å². The third-order valence-electron chi connectivity index (χ3n) is 11.2. The van der Waals surface area contributed by atoms with E-state index in [2.05, 4.69) is 54.4 Å². The van der Waals surface area contributed by atoms with E-state index in [1.165, 1.54) is 31.7 Å². The fourth-order valence-corrected chi connectivity index (χ4v) is 8.05. The van der Waals surface area contributed by atoms with Crippen LogP contribution in [-0.4, -0.2) is 81.4 Å². The predicted molar refractivity (Wildman–Crippen MR) is 235 cm³/mol. The van der Waals surface area contributed by atoms with Crippen LogP contribution < -0.4 is 55.1 Å². The van der Waals surface area contributed by atoms with Gasteiger partial charge in [0.25, 0.3) is 0 Å². The van der Waals surface area contributed by atoms with E-state index in [4.69, 9.17) is 9.97 Å². The number of carboxylic acid groups (broad SMARTS) is 2. The van der Waals surface area contributed by atoms with Crippen LogP contribution >= 0.6 is 0 Å². The quantitative estimate of drug-likeness (QED) is 0.167. The molecule has 2 saturated heterocycles. The largest absolute Gasteiger partial charge is 1.00 e. The Morgan fingerprint density at radius 3 is 1.56 bits per heavy atom. The minimum atomic E-state index is -1.22. The Morgan fingerprint density at radius 1 is 0.651 bits per heavy atom. The molecule has 10 rings (SSSR count). The summed E-state index contributed by atoms with van der Waals surface area (Å²) in [6, 6.07) is 29.9. The van der Waals surface area contributed by atoms with Crippen molar-refractivity contribution in [1.82, 2.24) is 39.2 Å². The van der Waals surface area contributed by atoms with Crippen molar-refractivity contribution in [3.05, 3.63) is 133 Å². The van der Waals surface area contributed by atoms with Crippen molar-refractivity contribution >= 4 is 57.9 Å². The van der Waals surface area contributed by atoms with Gasteiger partial charge < -0.3 is 35.4 Å². The second kappa shape index (κ2) is 18.6. The maximum atomic E-state index is 11.4. The molecule has 2 aromatic carbocycles. The second-order valence-electron chi connectivity index (χ2n) is 15.4. The van der Waals surface area contributed by atoms with Crippen molar-refractivity contribution in [2.24, 2.45) is 0 Å². The summed E-state index contributed by atoms with van der Waals surface area (Å²) < 4.78 is 3.34. The zero-order chi connectivity index (χ0) is 42.7. The van der Waals surface area contributed by atoms with Crippen LogP contribution in [0.15, 0.2) is 122 Å². The number of aromatic nitrogens is 8. The number of rotatable bonds is 10. The molecule has 6 aromatic heterocycles. The number of benzene rings is 2. The number of pyridine rings is 2. The van der Waals surface area contributed by atoms with Crippen molar-refractivity contribution in [2.45, 2.75) is 51.6 Å². The molecular formula is C46H43N12NaO4. The maximum Gasteiger partial charge on any atom is 1.00 e. The molecule has 312 valence electrons. The van der Waals surface area contributed by atoms with E-state index < -0.39 is 11.9 Å². The molecule has 0 amide bonds. The summed E-state index contributed by atoms with van der Waals surface area (Å²) in [6.07, 6.45) is 11.6. The molecule has 0 spiro atoms. The molecule has 0 saturated carbocycles. The first-order valence-corrected chi connectivity index (χ1v) is 20.5. The summed E-state index contributed by atoms with van der Waals surface area (Å²) in [4.78, 5) is 45.7. The Labute approximate surface area is 385 Å². The van der Waals surface area contributed by atoms with Gasteiger partial charge in [0.1, 0.15) is 23.3 Å². The molecule has 2 unspecified atom stereocenters. The van der Waals surface area contributed by atoms with Crippen LogP contribution in [-0.2, 0) is 0 Å². The van der Waals surface area contributed by atoms with Gasteiger partial charge in [-0.1, -0.05) is 42.5 Å². The molecule has 8 heterocycles. The van der Waals surface area contributed by atoms with Crippen LogP contribution in [0.25, 0.3) is 33.8 Å². The maximum absolute atomic E-state index is 11.4.